The zero-order chi connectivity index (χ0) is 17.4. The van der Waals surface area contributed by atoms with Crippen LogP contribution in [-0.2, 0) is 0 Å². The van der Waals surface area contributed by atoms with Crippen molar-refractivity contribution < 1.29 is 0 Å². The molecule has 134 valence electrons. The van der Waals surface area contributed by atoms with E-state index in [1.54, 1.807) is 0 Å². The lowest BCUT2D eigenvalue weighted by Crippen LogP contribution is -2.58. The predicted octanol–water partition coefficient (Wildman–Crippen LogP) is 0.444. The minimum absolute atomic E-state index is 0.334. The summed E-state index contributed by atoms with van der Waals surface area (Å²) in [4.78, 5) is 14.1. The minimum atomic E-state index is 0.334. The summed E-state index contributed by atoms with van der Waals surface area (Å²) < 4.78 is 0. The molecule has 0 aromatic rings. The highest BCUT2D eigenvalue weighted by Gasteiger charge is 2.25. The molecular formula is C16H40N6. The van der Waals surface area contributed by atoms with E-state index in [4.69, 9.17) is 0 Å². The zero-order valence-corrected chi connectivity index (χ0v) is 16.7. The van der Waals surface area contributed by atoms with Gasteiger partial charge in [-0.1, -0.05) is 13.8 Å². The van der Waals surface area contributed by atoms with E-state index in [9.17, 15) is 0 Å². The summed E-state index contributed by atoms with van der Waals surface area (Å²) in [6.07, 6.45) is 0.668. The molecule has 0 aliphatic carbocycles. The van der Waals surface area contributed by atoms with Crippen molar-refractivity contribution in [2.45, 2.75) is 26.4 Å². The van der Waals surface area contributed by atoms with Gasteiger partial charge in [0.25, 0.3) is 0 Å². The van der Waals surface area contributed by atoms with Crippen LogP contribution >= 0.6 is 0 Å². The molecule has 0 atom stereocenters. The summed E-state index contributed by atoms with van der Waals surface area (Å²) in [5.41, 5.74) is 0. The van der Waals surface area contributed by atoms with Gasteiger partial charge in [0.15, 0.2) is 0 Å². The molecule has 0 N–H and O–H groups in total. The monoisotopic (exact) mass is 316 g/mol. The summed E-state index contributed by atoms with van der Waals surface area (Å²) in [5.74, 6) is 0. The first-order valence-electron chi connectivity index (χ1n) is 8.31. The van der Waals surface area contributed by atoms with Crippen LogP contribution in [0.5, 0.6) is 0 Å². The van der Waals surface area contributed by atoms with Gasteiger partial charge in [0.1, 0.15) is 12.6 Å². The van der Waals surface area contributed by atoms with E-state index in [2.05, 4.69) is 99.6 Å². The molecular weight excluding hydrogens is 276 g/mol. The van der Waals surface area contributed by atoms with Crippen molar-refractivity contribution in [1.82, 2.24) is 29.4 Å². The van der Waals surface area contributed by atoms with Gasteiger partial charge in [0.2, 0.25) is 0 Å². The maximum absolute atomic E-state index is 2.52. The van der Waals surface area contributed by atoms with Gasteiger partial charge in [-0.25, -0.2) is 0 Å². The lowest BCUT2D eigenvalue weighted by atomic mass is 10.4. The van der Waals surface area contributed by atoms with Crippen LogP contribution in [0.3, 0.4) is 0 Å². The summed E-state index contributed by atoms with van der Waals surface area (Å²) in [6.45, 7) is 8.70. The molecule has 0 aliphatic heterocycles. The van der Waals surface area contributed by atoms with Crippen LogP contribution < -0.4 is 0 Å². The van der Waals surface area contributed by atoms with Crippen molar-refractivity contribution in [2.24, 2.45) is 0 Å². The molecule has 0 aromatic heterocycles. The molecule has 0 aromatic carbocycles. The fraction of sp³-hybridized carbons (Fsp3) is 1.00. The van der Waals surface area contributed by atoms with E-state index >= 15 is 0 Å². The lowest BCUT2D eigenvalue weighted by Gasteiger charge is -2.43. The van der Waals surface area contributed by atoms with Crippen molar-refractivity contribution in [3.63, 3.8) is 0 Å². The Labute approximate surface area is 139 Å². The molecule has 0 saturated heterocycles. The molecule has 0 unspecified atom stereocenters. The normalized spacial score (nSPS) is 13.4. The molecule has 0 aliphatic rings. The van der Waals surface area contributed by atoms with E-state index in [1.165, 1.54) is 0 Å². The third-order valence-electron chi connectivity index (χ3n) is 3.99. The van der Waals surface area contributed by atoms with E-state index in [-0.39, 0.29) is 0 Å². The smallest absolute Gasteiger partial charge is 0.118 e. The van der Waals surface area contributed by atoms with Crippen LogP contribution in [0.1, 0.15) is 13.8 Å². The highest BCUT2D eigenvalue weighted by molar-refractivity contribution is 4.71. The van der Waals surface area contributed by atoms with Crippen LogP contribution in [0.2, 0.25) is 0 Å². The molecule has 0 rings (SSSR count). The first-order chi connectivity index (χ1) is 10.2. The van der Waals surface area contributed by atoms with E-state index in [1.807, 2.05) is 0 Å². The van der Waals surface area contributed by atoms with Crippen LogP contribution in [0.15, 0.2) is 0 Å². The standard InChI is InChI=1S/C16H40N6/c1-11-21(15(17(3)4)18(5)6)13-14-22(12-2)16(19(7)8)20(9)10/h15-16H,11-14H2,1-10H3. The van der Waals surface area contributed by atoms with Gasteiger partial charge < -0.3 is 0 Å². The summed E-state index contributed by atoms with van der Waals surface area (Å²) in [6, 6.07) is 0. The third-order valence-corrected chi connectivity index (χ3v) is 3.99. The number of hydrogen-bond donors (Lipinski definition) is 0. The number of nitrogens with zero attached hydrogens (tertiary/aromatic N) is 6. The van der Waals surface area contributed by atoms with Crippen LogP contribution in [0.4, 0.5) is 0 Å². The predicted molar refractivity (Wildman–Crippen MR) is 96.8 cm³/mol. The van der Waals surface area contributed by atoms with Crippen molar-refractivity contribution in [3.8, 4) is 0 Å². The van der Waals surface area contributed by atoms with Crippen LogP contribution in [0, 0.1) is 0 Å². The average molecular weight is 317 g/mol. The molecule has 6 heteroatoms. The van der Waals surface area contributed by atoms with Gasteiger partial charge >= 0.3 is 0 Å². The molecule has 6 nitrogen and oxygen atoms in total. The fourth-order valence-corrected chi connectivity index (χ4v) is 3.36. The Balaban J connectivity index is 4.88. The maximum atomic E-state index is 2.52. The lowest BCUT2D eigenvalue weighted by molar-refractivity contribution is -0.0504. The Hall–Kier alpha value is -0.240. The first-order valence-corrected chi connectivity index (χ1v) is 8.31. The van der Waals surface area contributed by atoms with Gasteiger partial charge in [0.05, 0.1) is 0 Å². The fourth-order valence-electron chi connectivity index (χ4n) is 3.36. The van der Waals surface area contributed by atoms with Gasteiger partial charge in [-0.15, -0.1) is 0 Å². The average Bonchev–Trinajstić information content (AvgIpc) is 2.39. The number of hydrogen-bond acceptors (Lipinski definition) is 6. The van der Waals surface area contributed by atoms with Gasteiger partial charge in [-0.05, 0) is 69.5 Å². The molecule has 0 saturated carbocycles. The Morgan fingerprint density at radius 3 is 0.864 bits per heavy atom. The molecule has 0 amide bonds. The Morgan fingerprint density at radius 1 is 0.500 bits per heavy atom. The summed E-state index contributed by atoms with van der Waals surface area (Å²) in [5, 5.41) is 0. The third kappa shape index (κ3) is 6.48. The molecule has 0 bridgehead atoms. The molecule has 0 spiro atoms. The van der Waals surface area contributed by atoms with Gasteiger partial charge in [-0.3, -0.25) is 29.4 Å². The SMILES string of the molecule is CCN(CCN(CC)C(N(C)C)N(C)C)C(N(C)C)N(C)C. The zero-order valence-electron chi connectivity index (χ0n) is 16.7. The maximum Gasteiger partial charge on any atom is 0.118 e. The Morgan fingerprint density at radius 2 is 0.727 bits per heavy atom. The van der Waals surface area contributed by atoms with Crippen LogP contribution in [-0.4, -0.2) is 125 Å². The number of rotatable bonds is 11. The largest absolute Gasteiger partial charge is 0.282 e. The molecule has 0 heterocycles. The molecule has 22 heavy (non-hydrogen) atoms. The Kier molecular flexibility index (Phi) is 10.4. The highest BCUT2D eigenvalue weighted by Crippen LogP contribution is 2.09. The van der Waals surface area contributed by atoms with Crippen LogP contribution in [0.25, 0.3) is 0 Å². The van der Waals surface area contributed by atoms with Crippen molar-refractivity contribution >= 4 is 0 Å². The molecule has 0 radical (unpaired) electrons. The molecule has 0 fully saturated rings. The first kappa shape index (κ1) is 21.8. The van der Waals surface area contributed by atoms with E-state index in [0.717, 1.165) is 26.2 Å². The summed E-state index contributed by atoms with van der Waals surface area (Å²) in [7, 11) is 17.2. The van der Waals surface area contributed by atoms with Crippen molar-refractivity contribution in [2.75, 3.05) is 82.6 Å². The van der Waals surface area contributed by atoms with Gasteiger partial charge in [0, 0.05) is 13.1 Å². The number of likely N-dealkylation sites (N-methyl/N-ethyl adjacent to an activating group) is 2. The van der Waals surface area contributed by atoms with E-state index in [0.29, 0.717) is 12.6 Å². The Bertz CT molecular complexity index is 236. The summed E-state index contributed by atoms with van der Waals surface area (Å²) >= 11 is 0. The van der Waals surface area contributed by atoms with Gasteiger partial charge in [-0.2, -0.15) is 0 Å². The van der Waals surface area contributed by atoms with Crippen molar-refractivity contribution in [1.29, 1.82) is 0 Å². The van der Waals surface area contributed by atoms with E-state index < -0.39 is 0 Å². The quantitative estimate of drug-likeness (QED) is 0.512. The minimum Gasteiger partial charge on any atom is -0.282 e. The highest BCUT2D eigenvalue weighted by atomic mass is 15.5. The second-order valence-electron chi connectivity index (χ2n) is 6.80. The second-order valence-corrected chi connectivity index (χ2v) is 6.80. The topological polar surface area (TPSA) is 19.4 Å². The van der Waals surface area contributed by atoms with Crippen molar-refractivity contribution in [3.05, 3.63) is 0 Å². The second kappa shape index (κ2) is 10.5.